The largest absolute Gasteiger partial charge is 0.507 e. The average molecular weight is 334 g/mol. The number of amides is 2. The highest BCUT2D eigenvalue weighted by Crippen LogP contribution is 2.29. The Labute approximate surface area is 145 Å². The number of hydrogen-bond donors (Lipinski definition) is 3. The van der Waals surface area contributed by atoms with E-state index in [0.29, 0.717) is 22.1 Å². The lowest BCUT2D eigenvalue weighted by atomic mass is 10.1. The Hall–Kier alpha value is -3.34. The first-order valence-corrected chi connectivity index (χ1v) is 8.01. The van der Waals surface area contributed by atoms with Gasteiger partial charge < -0.3 is 15.7 Å². The quantitative estimate of drug-likeness (QED) is 0.639. The average Bonchev–Trinajstić information content (AvgIpc) is 2.63. The second kappa shape index (κ2) is 7.05. The summed E-state index contributed by atoms with van der Waals surface area (Å²) in [5, 5.41) is 16.4. The number of aromatic hydroxyl groups is 1. The lowest BCUT2D eigenvalue weighted by Crippen LogP contribution is -2.29. The summed E-state index contributed by atoms with van der Waals surface area (Å²) in [6, 6.07) is 17.5. The fourth-order valence-corrected chi connectivity index (χ4v) is 2.71. The van der Waals surface area contributed by atoms with Gasteiger partial charge in [0.25, 0.3) is 0 Å². The van der Waals surface area contributed by atoms with Gasteiger partial charge in [0.1, 0.15) is 5.75 Å². The Morgan fingerprint density at radius 1 is 0.800 bits per heavy atom. The van der Waals surface area contributed by atoms with Crippen LogP contribution in [0.3, 0.4) is 0 Å². The molecule has 3 aromatic carbocycles. The van der Waals surface area contributed by atoms with Crippen molar-refractivity contribution in [3.63, 3.8) is 0 Å². The molecule has 126 valence electrons. The Morgan fingerprint density at radius 2 is 1.40 bits per heavy atom. The van der Waals surface area contributed by atoms with Gasteiger partial charge in [-0.25, -0.2) is 0 Å². The molecule has 0 spiro atoms. The molecule has 0 heterocycles. The van der Waals surface area contributed by atoms with E-state index in [1.165, 1.54) is 0 Å². The highest BCUT2D eigenvalue weighted by Gasteiger charge is 2.16. The van der Waals surface area contributed by atoms with Crippen LogP contribution in [0.1, 0.15) is 12.5 Å². The summed E-state index contributed by atoms with van der Waals surface area (Å²) in [6.45, 7) is 1.98. The zero-order valence-electron chi connectivity index (χ0n) is 13.7. The number of phenolic OH excluding ortho intramolecular Hbond substituents is 1. The van der Waals surface area contributed by atoms with Crippen molar-refractivity contribution < 1.29 is 14.7 Å². The molecular formula is C20H18N2O3. The predicted octanol–water partition coefficient (Wildman–Crippen LogP) is 3.69. The van der Waals surface area contributed by atoms with Crippen molar-refractivity contribution in [1.82, 2.24) is 0 Å². The van der Waals surface area contributed by atoms with E-state index in [2.05, 4.69) is 10.6 Å². The standard InChI is InChI=1S/C20H18N2O3/c1-2-13-7-3-4-10-16(13)21-19(24)20(25)22-17-11-5-9-15-14(17)8-6-12-18(15)23/h3-12,23H,2H2,1H3,(H,21,24)(H,22,25). The number of para-hydroxylation sites is 1. The van der Waals surface area contributed by atoms with Gasteiger partial charge in [0.2, 0.25) is 0 Å². The zero-order valence-corrected chi connectivity index (χ0v) is 13.7. The van der Waals surface area contributed by atoms with Crippen molar-refractivity contribution in [2.75, 3.05) is 10.6 Å². The van der Waals surface area contributed by atoms with Gasteiger partial charge in [-0.15, -0.1) is 0 Å². The smallest absolute Gasteiger partial charge is 0.314 e. The molecule has 0 atom stereocenters. The third-order valence-electron chi connectivity index (χ3n) is 4.00. The Kier molecular flexibility index (Phi) is 4.66. The summed E-state index contributed by atoms with van der Waals surface area (Å²) in [5.74, 6) is -1.38. The number of carbonyl (C=O) groups excluding carboxylic acids is 2. The van der Waals surface area contributed by atoms with Gasteiger partial charge in [-0.2, -0.15) is 0 Å². The fourth-order valence-electron chi connectivity index (χ4n) is 2.71. The second-order valence-electron chi connectivity index (χ2n) is 5.60. The molecule has 0 aliphatic heterocycles. The first-order chi connectivity index (χ1) is 12.1. The molecule has 0 unspecified atom stereocenters. The van der Waals surface area contributed by atoms with Gasteiger partial charge in [0, 0.05) is 22.1 Å². The molecule has 0 aliphatic rings. The minimum Gasteiger partial charge on any atom is -0.507 e. The molecule has 0 aromatic heterocycles. The molecule has 3 aromatic rings. The van der Waals surface area contributed by atoms with Crippen molar-refractivity contribution in [2.24, 2.45) is 0 Å². The molecule has 0 aliphatic carbocycles. The summed E-state index contributed by atoms with van der Waals surface area (Å²) in [5.41, 5.74) is 2.05. The summed E-state index contributed by atoms with van der Waals surface area (Å²) >= 11 is 0. The highest BCUT2D eigenvalue weighted by atomic mass is 16.3. The molecule has 3 N–H and O–H groups in total. The summed E-state index contributed by atoms with van der Waals surface area (Å²) in [6.07, 6.45) is 0.751. The molecule has 5 heteroatoms. The van der Waals surface area contributed by atoms with E-state index in [0.717, 1.165) is 12.0 Å². The Bertz CT molecular complexity index is 951. The zero-order chi connectivity index (χ0) is 17.8. The Morgan fingerprint density at radius 3 is 2.16 bits per heavy atom. The number of aryl methyl sites for hydroxylation is 1. The van der Waals surface area contributed by atoms with Crippen LogP contribution >= 0.6 is 0 Å². The molecule has 0 bridgehead atoms. The number of carbonyl (C=O) groups is 2. The van der Waals surface area contributed by atoms with Gasteiger partial charge >= 0.3 is 11.8 Å². The van der Waals surface area contributed by atoms with Crippen LogP contribution in [0.15, 0.2) is 60.7 Å². The molecule has 0 fully saturated rings. The normalized spacial score (nSPS) is 10.4. The van der Waals surface area contributed by atoms with Crippen LogP contribution in [-0.2, 0) is 16.0 Å². The predicted molar refractivity (Wildman–Crippen MR) is 98.7 cm³/mol. The van der Waals surface area contributed by atoms with E-state index in [1.807, 2.05) is 19.1 Å². The van der Waals surface area contributed by atoms with Crippen molar-refractivity contribution >= 4 is 34.0 Å². The second-order valence-corrected chi connectivity index (χ2v) is 5.60. The van der Waals surface area contributed by atoms with Crippen LogP contribution in [0.4, 0.5) is 11.4 Å². The van der Waals surface area contributed by atoms with Crippen LogP contribution in [0, 0.1) is 0 Å². The number of phenols is 1. The fraction of sp³-hybridized carbons (Fsp3) is 0.100. The third kappa shape index (κ3) is 3.45. The number of nitrogens with one attached hydrogen (secondary N) is 2. The maximum Gasteiger partial charge on any atom is 0.314 e. The topological polar surface area (TPSA) is 78.4 Å². The minimum atomic E-state index is -0.762. The Balaban J connectivity index is 1.81. The number of hydrogen-bond acceptors (Lipinski definition) is 3. The third-order valence-corrected chi connectivity index (χ3v) is 4.00. The van der Waals surface area contributed by atoms with E-state index in [4.69, 9.17) is 0 Å². The van der Waals surface area contributed by atoms with E-state index in [1.54, 1.807) is 48.5 Å². The lowest BCUT2D eigenvalue weighted by Gasteiger charge is -2.11. The van der Waals surface area contributed by atoms with Crippen LogP contribution in [0.25, 0.3) is 10.8 Å². The molecule has 0 saturated carbocycles. The first kappa shape index (κ1) is 16.5. The first-order valence-electron chi connectivity index (χ1n) is 8.01. The van der Waals surface area contributed by atoms with Gasteiger partial charge in [-0.1, -0.05) is 49.4 Å². The van der Waals surface area contributed by atoms with Crippen molar-refractivity contribution in [1.29, 1.82) is 0 Å². The summed E-state index contributed by atoms with van der Waals surface area (Å²) in [7, 11) is 0. The van der Waals surface area contributed by atoms with Crippen molar-refractivity contribution in [3.05, 3.63) is 66.2 Å². The van der Waals surface area contributed by atoms with Gasteiger partial charge in [0.15, 0.2) is 0 Å². The molecule has 5 nitrogen and oxygen atoms in total. The van der Waals surface area contributed by atoms with E-state index < -0.39 is 11.8 Å². The maximum absolute atomic E-state index is 12.3. The van der Waals surface area contributed by atoms with Crippen LogP contribution in [0.5, 0.6) is 5.75 Å². The van der Waals surface area contributed by atoms with E-state index >= 15 is 0 Å². The number of rotatable bonds is 3. The van der Waals surface area contributed by atoms with Crippen LogP contribution < -0.4 is 10.6 Å². The maximum atomic E-state index is 12.3. The summed E-state index contributed by atoms with van der Waals surface area (Å²) in [4.78, 5) is 24.5. The minimum absolute atomic E-state index is 0.120. The number of fused-ring (bicyclic) bond motifs is 1. The lowest BCUT2D eigenvalue weighted by molar-refractivity contribution is -0.132. The molecule has 0 radical (unpaired) electrons. The van der Waals surface area contributed by atoms with Gasteiger partial charge in [-0.3, -0.25) is 9.59 Å². The molecule has 0 saturated heterocycles. The monoisotopic (exact) mass is 334 g/mol. The van der Waals surface area contributed by atoms with Crippen molar-refractivity contribution in [3.8, 4) is 5.75 Å². The molecule has 3 rings (SSSR count). The van der Waals surface area contributed by atoms with E-state index in [-0.39, 0.29) is 5.75 Å². The van der Waals surface area contributed by atoms with Crippen molar-refractivity contribution in [2.45, 2.75) is 13.3 Å². The number of anilines is 2. The summed E-state index contributed by atoms with van der Waals surface area (Å²) < 4.78 is 0. The highest BCUT2D eigenvalue weighted by molar-refractivity contribution is 6.44. The van der Waals surface area contributed by atoms with Crippen LogP contribution in [0.2, 0.25) is 0 Å². The number of benzene rings is 3. The molecular weight excluding hydrogens is 316 g/mol. The van der Waals surface area contributed by atoms with Crippen LogP contribution in [-0.4, -0.2) is 16.9 Å². The molecule has 2 amide bonds. The van der Waals surface area contributed by atoms with E-state index in [9.17, 15) is 14.7 Å². The van der Waals surface area contributed by atoms with Gasteiger partial charge in [0.05, 0.1) is 0 Å². The SMILES string of the molecule is CCc1ccccc1NC(=O)C(=O)Nc1cccc2c(O)cccc12. The molecule has 25 heavy (non-hydrogen) atoms. The van der Waals surface area contributed by atoms with Gasteiger partial charge in [-0.05, 0) is 30.2 Å².